The fourth-order valence-electron chi connectivity index (χ4n) is 3.77. The second kappa shape index (κ2) is 8.75. The van der Waals surface area contributed by atoms with Crippen LogP contribution in [0.25, 0.3) is 11.0 Å². The Bertz CT molecular complexity index is 1100. The number of nitrogens with one attached hydrogen (secondary N) is 1. The second-order valence-corrected chi connectivity index (χ2v) is 9.94. The van der Waals surface area contributed by atoms with E-state index in [1.807, 2.05) is 57.4 Å². The van der Waals surface area contributed by atoms with Crippen molar-refractivity contribution in [1.82, 2.24) is 19.8 Å². The summed E-state index contributed by atoms with van der Waals surface area (Å²) in [5.74, 6) is 1.14. The van der Waals surface area contributed by atoms with Crippen molar-refractivity contribution in [3.05, 3.63) is 66.0 Å². The molecule has 1 aliphatic heterocycles. The minimum absolute atomic E-state index is 0.0206. The summed E-state index contributed by atoms with van der Waals surface area (Å²) in [6.07, 6.45) is 1.86. The highest BCUT2D eigenvalue weighted by Gasteiger charge is 2.38. The SMILES string of the molecule is CC(C)(C)C(=O)N1CSCC1C(=O)NCc1cccc(Cn2cnc3ccccc32)c1. The van der Waals surface area contributed by atoms with E-state index >= 15 is 0 Å². The first-order valence-electron chi connectivity index (χ1n) is 10.5. The Labute approximate surface area is 187 Å². The number of carbonyl (C=O) groups is 2. The van der Waals surface area contributed by atoms with Gasteiger partial charge in [0, 0.05) is 24.3 Å². The molecule has 162 valence electrons. The Hall–Kier alpha value is -2.80. The van der Waals surface area contributed by atoms with Crippen molar-refractivity contribution in [2.75, 3.05) is 11.6 Å². The highest BCUT2D eigenvalue weighted by atomic mass is 32.2. The molecule has 2 aromatic carbocycles. The zero-order valence-corrected chi connectivity index (χ0v) is 19.0. The van der Waals surface area contributed by atoms with Gasteiger partial charge in [-0.1, -0.05) is 57.2 Å². The normalized spacial score (nSPS) is 16.6. The first-order chi connectivity index (χ1) is 14.8. The quantitative estimate of drug-likeness (QED) is 0.663. The number of hydrogen-bond acceptors (Lipinski definition) is 4. The van der Waals surface area contributed by atoms with Gasteiger partial charge in [-0.25, -0.2) is 4.98 Å². The van der Waals surface area contributed by atoms with Crippen LogP contribution in [0.2, 0.25) is 0 Å². The highest BCUT2D eigenvalue weighted by Crippen LogP contribution is 2.27. The smallest absolute Gasteiger partial charge is 0.243 e. The molecule has 2 heterocycles. The van der Waals surface area contributed by atoms with Crippen LogP contribution in [-0.4, -0.2) is 43.9 Å². The second-order valence-electron chi connectivity index (χ2n) is 8.94. The van der Waals surface area contributed by atoms with Gasteiger partial charge in [0.05, 0.1) is 23.2 Å². The molecule has 1 unspecified atom stereocenters. The number of imidazole rings is 1. The number of rotatable bonds is 5. The number of amides is 2. The van der Waals surface area contributed by atoms with Crippen LogP contribution >= 0.6 is 11.8 Å². The van der Waals surface area contributed by atoms with Crippen molar-refractivity contribution in [3.8, 4) is 0 Å². The van der Waals surface area contributed by atoms with Crippen LogP contribution in [-0.2, 0) is 22.7 Å². The van der Waals surface area contributed by atoms with E-state index < -0.39 is 11.5 Å². The van der Waals surface area contributed by atoms with E-state index in [1.54, 1.807) is 16.7 Å². The maximum atomic E-state index is 12.8. The minimum atomic E-state index is -0.491. The van der Waals surface area contributed by atoms with Crippen molar-refractivity contribution in [1.29, 1.82) is 0 Å². The van der Waals surface area contributed by atoms with Crippen LogP contribution in [0.1, 0.15) is 31.9 Å². The van der Waals surface area contributed by atoms with Gasteiger partial charge in [0.25, 0.3) is 0 Å². The maximum absolute atomic E-state index is 12.8. The monoisotopic (exact) mass is 436 g/mol. The van der Waals surface area contributed by atoms with Gasteiger partial charge >= 0.3 is 0 Å². The zero-order valence-electron chi connectivity index (χ0n) is 18.2. The van der Waals surface area contributed by atoms with E-state index in [-0.39, 0.29) is 11.8 Å². The fraction of sp³-hybridized carbons (Fsp3) is 0.375. The van der Waals surface area contributed by atoms with Crippen molar-refractivity contribution >= 4 is 34.6 Å². The fourth-order valence-corrected chi connectivity index (χ4v) is 4.92. The van der Waals surface area contributed by atoms with E-state index in [1.165, 1.54) is 0 Å². The van der Waals surface area contributed by atoms with Gasteiger partial charge in [-0.3, -0.25) is 9.59 Å². The number of para-hydroxylation sites is 2. The predicted molar refractivity (Wildman–Crippen MR) is 125 cm³/mol. The number of fused-ring (bicyclic) bond motifs is 1. The lowest BCUT2D eigenvalue weighted by molar-refractivity contribution is -0.144. The Morgan fingerprint density at radius 2 is 1.90 bits per heavy atom. The van der Waals surface area contributed by atoms with Gasteiger partial charge in [-0.05, 0) is 23.3 Å². The summed E-state index contributed by atoms with van der Waals surface area (Å²) >= 11 is 1.63. The Kier molecular flexibility index (Phi) is 6.05. The molecule has 0 saturated carbocycles. The van der Waals surface area contributed by atoms with Gasteiger partial charge < -0.3 is 14.8 Å². The number of aromatic nitrogens is 2. The zero-order chi connectivity index (χ0) is 22.0. The average Bonchev–Trinajstić information content (AvgIpc) is 3.39. The third kappa shape index (κ3) is 4.77. The lowest BCUT2D eigenvalue weighted by atomic mass is 9.94. The van der Waals surface area contributed by atoms with Crippen LogP contribution in [0, 0.1) is 5.41 Å². The van der Waals surface area contributed by atoms with Crippen molar-refractivity contribution in [3.63, 3.8) is 0 Å². The van der Waals surface area contributed by atoms with E-state index in [4.69, 9.17) is 0 Å². The third-order valence-electron chi connectivity index (χ3n) is 5.43. The molecule has 1 fully saturated rings. The molecule has 1 N–H and O–H groups in total. The molecule has 0 radical (unpaired) electrons. The van der Waals surface area contributed by atoms with E-state index in [9.17, 15) is 9.59 Å². The van der Waals surface area contributed by atoms with Crippen LogP contribution < -0.4 is 5.32 Å². The van der Waals surface area contributed by atoms with Crippen molar-refractivity contribution in [2.24, 2.45) is 5.41 Å². The van der Waals surface area contributed by atoms with Crippen molar-refractivity contribution < 1.29 is 9.59 Å². The molecule has 4 rings (SSSR count). The van der Waals surface area contributed by atoms with Gasteiger partial charge in [-0.2, -0.15) is 0 Å². The molecule has 6 nitrogen and oxygen atoms in total. The van der Waals surface area contributed by atoms with Crippen LogP contribution in [0.5, 0.6) is 0 Å². The summed E-state index contributed by atoms with van der Waals surface area (Å²) in [5, 5.41) is 3.03. The summed E-state index contributed by atoms with van der Waals surface area (Å²) in [5.41, 5.74) is 3.78. The predicted octanol–water partition coefficient (Wildman–Crippen LogP) is 3.65. The summed E-state index contributed by atoms with van der Waals surface area (Å²) in [4.78, 5) is 31.6. The number of benzene rings is 2. The van der Waals surface area contributed by atoms with Crippen LogP contribution in [0.3, 0.4) is 0 Å². The van der Waals surface area contributed by atoms with Gasteiger partial charge in [0.15, 0.2) is 0 Å². The standard InChI is InChI=1S/C24H28N4O2S/c1-24(2,3)23(30)28-16-31-14-21(28)22(29)25-12-17-7-6-8-18(11-17)13-27-15-26-19-9-4-5-10-20(19)27/h4-11,15,21H,12-14,16H2,1-3H3,(H,25,29). The minimum Gasteiger partial charge on any atom is -0.350 e. The summed E-state index contributed by atoms with van der Waals surface area (Å²) in [6, 6.07) is 15.9. The largest absolute Gasteiger partial charge is 0.350 e. The lowest BCUT2D eigenvalue weighted by Crippen LogP contribution is -2.50. The maximum Gasteiger partial charge on any atom is 0.243 e. The average molecular weight is 437 g/mol. The van der Waals surface area contributed by atoms with Crippen molar-refractivity contribution in [2.45, 2.75) is 39.9 Å². The summed E-state index contributed by atoms with van der Waals surface area (Å²) in [7, 11) is 0. The lowest BCUT2D eigenvalue weighted by Gasteiger charge is -2.29. The molecule has 1 aliphatic rings. The van der Waals surface area contributed by atoms with E-state index in [0.29, 0.717) is 18.2 Å². The molecular weight excluding hydrogens is 408 g/mol. The number of hydrogen-bond donors (Lipinski definition) is 1. The molecule has 0 aliphatic carbocycles. The van der Waals surface area contributed by atoms with Crippen LogP contribution in [0.4, 0.5) is 0 Å². The molecule has 31 heavy (non-hydrogen) atoms. The van der Waals surface area contributed by atoms with E-state index in [0.717, 1.165) is 28.7 Å². The van der Waals surface area contributed by atoms with E-state index in [2.05, 4.69) is 33.1 Å². The first-order valence-corrected chi connectivity index (χ1v) is 11.6. The highest BCUT2D eigenvalue weighted by molar-refractivity contribution is 7.99. The number of nitrogens with zero attached hydrogens (tertiary/aromatic N) is 3. The first kappa shape index (κ1) is 21.4. The van der Waals surface area contributed by atoms with Gasteiger partial charge in [0.1, 0.15) is 6.04 Å². The molecule has 1 saturated heterocycles. The molecular formula is C24H28N4O2S. The summed E-state index contributed by atoms with van der Waals surface area (Å²) < 4.78 is 2.12. The Morgan fingerprint density at radius 3 is 2.71 bits per heavy atom. The van der Waals surface area contributed by atoms with Gasteiger partial charge in [0.2, 0.25) is 11.8 Å². The molecule has 0 spiro atoms. The molecule has 3 aromatic rings. The molecule has 0 bridgehead atoms. The summed E-state index contributed by atoms with van der Waals surface area (Å²) in [6.45, 7) is 6.83. The number of thioether (sulfide) groups is 1. The Balaban J connectivity index is 1.40. The topological polar surface area (TPSA) is 67.2 Å². The third-order valence-corrected chi connectivity index (χ3v) is 6.44. The molecule has 7 heteroatoms. The molecule has 1 aromatic heterocycles. The molecule has 2 amide bonds. The molecule has 1 atom stereocenters. The van der Waals surface area contributed by atoms with Gasteiger partial charge in [-0.15, -0.1) is 11.8 Å². The van der Waals surface area contributed by atoms with Crippen LogP contribution in [0.15, 0.2) is 54.9 Å². The number of carbonyl (C=O) groups excluding carboxylic acids is 2. The Morgan fingerprint density at radius 1 is 1.13 bits per heavy atom.